The number of carboxylic acid groups (broad SMARTS) is 1. The molecule has 1 fully saturated rings. The highest BCUT2D eigenvalue weighted by atomic mass is 35.5. The molecule has 2 aromatic carbocycles. The van der Waals surface area contributed by atoms with E-state index in [1.54, 1.807) is 30.3 Å². The Hall–Kier alpha value is -2.90. The van der Waals surface area contributed by atoms with Crippen LogP contribution in [0.5, 0.6) is 0 Å². The minimum absolute atomic E-state index is 0.0623. The third-order valence-electron chi connectivity index (χ3n) is 6.79. The standard InChI is InChI=1S/C27H29Cl2N3O4/c1-2-5-22(17-6-8-18(9-7-17)25(35)30-13-10-23(33)34)32-26(36)24(31-27(32)11-3-4-12-27)19-14-20(28)16-21(29)15-19/h6-9,14-16,22H,2-5,10-13H2,1H3,(H,30,35)(H,33,34). The van der Waals surface area contributed by atoms with E-state index in [0.29, 0.717) is 26.9 Å². The predicted molar refractivity (Wildman–Crippen MR) is 140 cm³/mol. The molecule has 0 aromatic heterocycles. The molecule has 0 radical (unpaired) electrons. The van der Waals surface area contributed by atoms with Crippen molar-refractivity contribution < 1.29 is 19.5 Å². The summed E-state index contributed by atoms with van der Waals surface area (Å²) < 4.78 is 0. The Bertz CT molecular complexity index is 1170. The zero-order valence-electron chi connectivity index (χ0n) is 20.1. The monoisotopic (exact) mass is 529 g/mol. The summed E-state index contributed by atoms with van der Waals surface area (Å²) >= 11 is 12.5. The Balaban J connectivity index is 1.64. The summed E-state index contributed by atoms with van der Waals surface area (Å²) in [7, 11) is 0. The molecule has 2 amide bonds. The fraction of sp³-hybridized carbons (Fsp3) is 0.407. The first-order chi connectivity index (χ1) is 17.2. The van der Waals surface area contributed by atoms with E-state index in [-0.39, 0.29) is 30.8 Å². The number of carboxylic acids is 1. The Morgan fingerprint density at radius 3 is 2.33 bits per heavy atom. The molecule has 1 aliphatic heterocycles. The second-order valence-electron chi connectivity index (χ2n) is 9.31. The molecule has 190 valence electrons. The van der Waals surface area contributed by atoms with Gasteiger partial charge in [0.25, 0.3) is 11.8 Å². The lowest BCUT2D eigenvalue weighted by atomic mass is 9.95. The molecule has 1 atom stereocenters. The first-order valence-electron chi connectivity index (χ1n) is 12.2. The zero-order chi connectivity index (χ0) is 25.9. The number of nitrogens with one attached hydrogen (secondary N) is 1. The molecule has 7 nitrogen and oxygen atoms in total. The summed E-state index contributed by atoms with van der Waals surface area (Å²) in [6, 6.07) is 12.1. The van der Waals surface area contributed by atoms with Crippen LogP contribution in [0.25, 0.3) is 0 Å². The molecule has 4 rings (SSSR count). The second-order valence-corrected chi connectivity index (χ2v) is 10.2. The highest BCUT2D eigenvalue weighted by Gasteiger charge is 2.51. The number of halogens is 2. The Morgan fingerprint density at radius 1 is 1.11 bits per heavy atom. The number of benzene rings is 2. The van der Waals surface area contributed by atoms with Crippen LogP contribution in [-0.2, 0) is 9.59 Å². The Labute approximate surface area is 220 Å². The molecule has 1 aliphatic carbocycles. The van der Waals surface area contributed by atoms with E-state index in [4.69, 9.17) is 33.3 Å². The molecule has 0 saturated heterocycles. The normalized spacial score (nSPS) is 17.4. The van der Waals surface area contributed by atoms with Gasteiger partial charge in [-0.05, 0) is 68.0 Å². The topological polar surface area (TPSA) is 99.1 Å². The summed E-state index contributed by atoms with van der Waals surface area (Å²) in [6.45, 7) is 2.14. The van der Waals surface area contributed by atoms with Crippen molar-refractivity contribution in [2.45, 2.75) is 63.6 Å². The van der Waals surface area contributed by atoms with Crippen LogP contribution in [0.4, 0.5) is 0 Å². The summed E-state index contributed by atoms with van der Waals surface area (Å²) in [5.41, 5.74) is 1.77. The number of carbonyl (C=O) groups is 3. The molecule has 2 N–H and O–H groups in total. The van der Waals surface area contributed by atoms with Crippen LogP contribution < -0.4 is 5.32 Å². The molecule has 1 unspecified atom stereocenters. The van der Waals surface area contributed by atoms with Crippen LogP contribution in [0.3, 0.4) is 0 Å². The van der Waals surface area contributed by atoms with Gasteiger partial charge >= 0.3 is 5.97 Å². The van der Waals surface area contributed by atoms with Crippen LogP contribution in [-0.4, -0.2) is 45.7 Å². The molecule has 1 heterocycles. The van der Waals surface area contributed by atoms with E-state index < -0.39 is 11.6 Å². The number of aliphatic carboxylic acids is 1. The van der Waals surface area contributed by atoms with Crippen molar-refractivity contribution in [1.82, 2.24) is 10.2 Å². The molecule has 9 heteroatoms. The van der Waals surface area contributed by atoms with Crippen molar-refractivity contribution in [3.8, 4) is 0 Å². The van der Waals surface area contributed by atoms with E-state index >= 15 is 0 Å². The van der Waals surface area contributed by atoms with Gasteiger partial charge in [-0.3, -0.25) is 19.4 Å². The van der Waals surface area contributed by atoms with Crippen LogP contribution >= 0.6 is 23.2 Å². The van der Waals surface area contributed by atoms with E-state index in [1.165, 1.54) is 0 Å². The number of rotatable bonds is 9. The van der Waals surface area contributed by atoms with Gasteiger partial charge in [0.2, 0.25) is 0 Å². The SMILES string of the molecule is CCCC(c1ccc(C(=O)NCCC(=O)O)cc1)N1C(=O)C(c2cc(Cl)cc(Cl)c2)=NC12CCCC2. The number of nitrogens with zero attached hydrogens (tertiary/aromatic N) is 2. The average Bonchev–Trinajstić information content (AvgIpc) is 3.41. The third kappa shape index (κ3) is 5.42. The number of carbonyl (C=O) groups excluding carboxylic acids is 2. The molecule has 2 aromatic rings. The van der Waals surface area contributed by atoms with Gasteiger partial charge in [-0.1, -0.05) is 48.7 Å². The van der Waals surface area contributed by atoms with Crippen molar-refractivity contribution in [3.05, 3.63) is 69.2 Å². The van der Waals surface area contributed by atoms with Gasteiger partial charge in [0.05, 0.1) is 12.5 Å². The minimum atomic E-state index is -0.967. The van der Waals surface area contributed by atoms with E-state index in [0.717, 1.165) is 44.1 Å². The quantitative estimate of drug-likeness (QED) is 0.438. The van der Waals surface area contributed by atoms with Crippen molar-refractivity contribution >= 4 is 46.7 Å². The maximum absolute atomic E-state index is 13.9. The molecular formula is C27H29Cl2N3O4. The van der Waals surface area contributed by atoms with Gasteiger partial charge in [-0.2, -0.15) is 0 Å². The lowest BCUT2D eigenvalue weighted by molar-refractivity contribution is -0.137. The van der Waals surface area contributed by atoms with Crippen LogP contribution in [0, 0.1) is 0 Å². The predicted octanol–water partition coefficient (Wildman–Crippen LogP) is 5.64. The summed E-state index contributed by atoms with van der Waals surface area (Å²) in [4.78, 5) is 44.0. The molecule has 0 bridgehead atoms. The highest BCUT2D eigenvalue weighted by Crippen LogP contribution is 2.46. The van der Waals surface area contributed by atoms with Gasteiger partial charge < -0.3 is 15.3 Å². The number of aliphatic imine (C=N–C) groups is 1. The van der Waals surface area contributed by atoms with Gasteiger partial charge in [0, 0.05) is 27.7 Å². The summed E-state index contributed by atoms with van der Waals surface area (Å²) in [6.07, 6.45) is 5.04. The number of hydrogen-bond donors (Lipinski definition) is 2. The zero-order valence-corrected chi connectivity index (χ0v) is 21.6. The lowest BCUT2D eigenvalue weighted by Crippen LogP contribution is -2.47. The fourth-order valence-electron chi connectivity index (χ4n) is 5.18. The smallest absolute Gasteiger partial charge is 0.305 e. The van der Waals surface area contributed by atoms with Crippen molar-refractivity contribution in [2.75, 3.05) is 6.54 Å². The van der Waals surface area contributed by atoms with Gasteiger partial charge in [0.15, 0.2) is 0 Å². The third-order valence-corrected chi connectivity index (χ3v) is 7.22. The van der Waals surface area contributed by atoms with E-state index in [2.05, 4.69) is 12.2 Å². The van der Waals surface area contributed by atoms with Gasteiger partial charge in [-0.15, -0.1) is 0 Å². The van der Waals surface area contributed by atoms with E-state index in [9.17, 15) is 14.4 Å². The average molecular weight is 530 g/mol. The van der Waals surface area contributed by atoms with Crippen LogP contribution in [0.15, 0.2) is 47.5 Å². The summed E-state index contributed by atoms with van der Waals surface area (Å²) in [5.74, 6) is -1.43. The van der Waals surface area contributed by atoms with Crippen LogP contribution in [0.2, 0.25) is 10.0 Å². The largest absolute Gasteiger partial charge is 0.481 e. The molecular weight excluding hydrogens is 501 g/mol. The molecule has 1 saturated carbocycles. The van der Waals surface area contributed by atoms with Gasteiger partial charge in [-0.25, -0.2) is 0 Å². The highest BCUT2D eigenvalue weighted by molar-refractivity contribution is 6.47. The molecule has 1 spiro atoms. The second kappa shape index (κ2) is 11.0. The number of amides is 2. The lowest BCUT2D eigenvalue weighted by Gasteiger charge is -2.39. The van der Waals surface area contributed by atoms with Crippen molar-refractivity contribution in [3.63, 3.8) is 0 Å². The first-order valence-corrected chi connectivity index (χ1v) is 13.0. The summed E-state index contributed by atoms with van der Waals surface area (Å²) in [5, 5.41) is 12.3. The maximum atomic E-state index is 13.9. The van der Waals surface area contributed by atoms with Crippen LogP contribution in [0.1, 0.15) is 79.4 Å². The van der Waals surface area contributed by atoms with Crippen molar-refractivity contribution in [1.29, 1.82) is 0 Å². The van der Waals surface area contributed by atoms with E-state index in [1.807, 2.05) is 17.0 Å². The maximum Gasteiger partial charge on any atom is 0.305 e. The van der Waals surface area contributed by atoms with Crippen molar-refractivity contribution in [2.24, 2.45) is 4.99 Å². The first kappa shape index (κ1) is 26.2. The molecule has 2 aliphatic rings. The Kier molecular flexibility index (Phi) is 8.00. The fourth-order valence-corrected chi connectivity index (χ4v) is 5.70. The minimum Gasteiger partial charge on any atom is -0.481 e. The van der Waals surface area contributed by atoms with Gasteiger partial charge in [0.1, 0.15) is 11.4 Å². The number of hydrogen-bond acceptors (Lipinski definition) is 4. The molecule has 36 heavy (non-hydrogen) atoms. The Morgan fingerprint density at radius 2 is 1.75 bits per heavy atom.